The molecule has 31 heavy (non-hydrogen) atoms. The maximum atomic E-state index is 12.5. The van der Waals surface area contributed by atoms with Gasteiger partial charge in [-0.1, -0.05) is 35.9 Å². The smallest absolute Gasteiger partial charge is 0.270 e. The molecule has 0 saturated carbocycles. The number of aryl methyl sites for hydroxylation is 2. The van der Waals surface area contributed by atoms with Gasteiger partial charge in [-0.15, -0.1) is 11.3 Å². The highest BCUT2D eigenvalue weighted by Crippen LogP contribution is 2.25. The number of hydrogen-bond acceptors (Lipinski definition) is 6. The van der Waals surface area contributed by atoms with Crippen molar-refractivity contribution in [3.05, 3.63) is 85.9 Å². The normalized spacial score (nSPS) is 11.6. The molecule has 2 N–H and O–H groups in total. The Morgan fingerprint density at radius 2 is 1.87 bits per heavy atom. The molecule has 0 radical (unpaired) electrons. The predicted molar refractivity (Wildman–Crippen MR) is 119 cm³/mol. The molecule has 0 aliphatic carbocycles. The molecule has 0 spiro atoms. The van der Waals surface area contributed by atoms with Crippen LogP contribution in [0.15, 0.2) is 48.5 Å². The predicted octanol–water partition coefficient (Wildman–Crippen LogP) is 4.02. The van der Waals surface area contributed by atoms with Gasteiger partial charge in [-0.25, -0.2) is 4.98 Å². The summed E-state index contributed by atoms with van der Waals surface area (Å²) in [6, 6.07) is 12.7. The van der Waals surface area contributed by atoms with Gasteiger partial charge in [0, 0.05) is 29.0 Å². The Kier molecular flexibility index (Phi) is 6.76. The molecule has 1 unspecified atom stereocenters. The second-order valence-corrected chi connectivity index (χ2v) is 8.27. The molecule has 1 atom stereocenters. The molecule has 3 aromatic rings. The van der Waals surface area contributed by atoms with Crippen LogP contribution in [-0.2, 0) is 11.2 Å². The van der Waals surface area contributed by atoms with Crippen molar-refractivity contribution in [2.45, 2.75) is 33.2 Å². The molecule has 2 aromatic carbocycles. The number of nitro groups is 1. The Balaban J connectivity index is 1.62. The van der Waals surface area contributed by atoms with Crippen LogP contribution in [0.5, 0.6) is 0 Å². The van der Waals surface area contributed by atoms with Gasteiger partial charge in [-0.2, -0.15) is 0 Å². The van der Waals surface area contributed by atoms with E-state index in [2.05, 4.69) is 39.9 Å². The van der Waals surface area contributed by atoms with Crippen molar-refractivity contribution in [3.8, 4) is 0 Å². The van der Waals surface area contributed by atoms with E-state index in [1.54, 1.807) is 0 Å². The number of carbonyl (C=O) groups is 2. The zero-order valence-electron chi connectivity index (χ0n) is 17.3. The third-order valence-corrected chi connectivity index (χ3v) is 5.74. The number of rotatable bonds is 7. The number of hydrogen-bond donors (Lipinski definition) is 2. The molecule has 9 heteroatoms. The van der Waals surface area contributed by atoms with Crippen molar-refractivity contribution < 1.29 is 14.5 Å². The van der Waals surface area contributed by atoms with Crippen molar-refractivity contribution in [1.82, 2.24) is 10.3 Å². The molecule has 1 aromatic heterocycles. The monoisotopic (exact) mass is 438 g/mol. The molecule has 3 rings (SSSR count). The van der Waals surface area contributed by atoms with Crippen LogP contribution in [0, 0.1) is 24.0 Å². The van der Waals surface area contributed by atoms with Crippen LogP contribution in [0.3, 0.4) is 0 Å². The van der Waals surface area contributed by atoms with Crippen molar-refractivity contribution in [2.24, 2.45) is 0 Å². The number of nitro benzene ring substituents is 1. The summed E-state index contributed by atoms with van der Waals surface area (Å²) in [6.45, 7) is 5.47. The lowest BCUT2D eigenvalue weighted by Crippen LogP contribution is -2.41. The van der Waals surface area contributed by atoms with E-state index in [4.69, 9.17) is 0 Å². The molecule has 0 fully saturated rings. The van der Waals surface area contributed by atoms with E-state index in [-0.39, 0.29) is 11.3 Å². The minimum absolute atomic E-state index is 0.110. The van der Waals surface area contributed by atoms with Gasteiger partial charge in [0.25, 0.3) is 11.6 Å². The topological polar surface area (TPSA) is 114 Å². The van der Waals surface area contributed by atoms with E-state index < -0.39 is 22.8 Å². The number of non-ortho nitro benzene ring substituents is 1. The van der Waals surface area contributed by atoms with Crippen LogP contribution in [0.25, 0.3) is 0 Å². The zero-order valence-corrected chi connectivity index (χ0v) is 18.2. The lowest BCUT2D eigenvalue weighted by atomic mass is 10.1. The Morgan fingerprint density at radius 1 is 1.16 bits per heavy atom. The van der Waals surface area contributed by atoms with Gasteiger partial charge in [0.2, 0.25) is 5.91 Å². The summed E-state index contributed by atoms with van der Waals surface area (Å²) < 4.78 is 0. The molecule has 1 heterocycles. The number of aromatic nitrogens is 1. The quantitative estimate of drug-likeness (QED) is 0.427. The van der Waals surface area contributed by atoms with E-state index in [9.17, 15) is 19.7 Å². The van der Waals surface area contributed by atoms with Gasteiger partial charge in [0.1, 0.15) is 6.04 Å². The van der Waals surface area contributed by atoms with E-state index in [0.29, 0.717) is 5.13 Å². The lowest BCUT2D eigenvalue weighted by Gasteiger charge is -2.13. The van der Waals surface area contributed by atoms with Crippen LogP contribution in [0.2, 0.25) is 0 Å². The van der Waals surface area contributed by atoms with Crippen LogP contribution >= 0.6 is 11.3 Å². The second kappa shape index (κ2) is 9.48. The van der Waals surface area contributed by atoms with E-state index in [1.165, 1.54) is 48.1 Å². The summed E-state index contributed by atoms with van der Waals surface area (Å²) in [4.78, 5) is 40.6. The Bertz CT molecular complexity index is 1120. The highest BCUT2D eigenvalue weighted by atomic mass is 32.1. The minimum atomic E-state index is -0.850. The van der Waals surface area contributed by atoms with Crippen molar-refractivity contribution >= 4 is 34.0 Å². The fraction of sp³-hybridized carbons (Fsp3) is 0.227. The van der Waals surface area contributed by atoms with Crippen LogP contribution in [0.4, 0.5) is 10.8 Å². The van der Waals surface area contributed by atoms with Crippen LogP contribution in [0.1, 0.15) is 39.0 Å². The van der Waals surface area contributed by atoms with E-state index in [1.807, 2.05) is 13.8 Å². The number of anilines is 1. The molecule has 2 amide bonds. The molecule has 160 valence electrons. The van der Waals surface area contributed by atoms with Gasteiger partial charge in [0.15, 0.2) is 5.13 Å². The van der Waals surface area contributed by atoms with Crippen LogP contribution < -0.4 is 10.6 Å². The van der Waals surface area contributed by atoms with Gasteiger partial charge in [0.05, 0.1) is 10.6 Å². The van der Waals surface area contributed by atoms with Crippen molar-refractivity contribution in [3.63, 3.8) is 0 Å². The zero-order chi connectivity index (χ0) is 22.5. The van der Waals surface area contributed by atoms with Gasteiger partial charge < -0.3 is 10.6 Å². The second-order valence-electron chi connectivity index (χ2n) is 7.18. The summed E-state index contributed by atoms with van der Waals surface area (Å²) in [5.41, 5.74) is 3.12. The Hall–Kier alpha value is -3.59. The Morgan fingerprint density at radius 3 is 2.55 bits per heavy atom. The van der Waals surface area contributed by atoms with Gasteiger partial charge in [-0.05, 0) is 32.4 Å². The maximum Gasteiger partial charge on any atom is 0.270 e. The summed E-state index contributed by atoms with van der Waals surface area (Å²) in [7, 11) is 0. The number of benzene rings is 2. The molecule has 0 bridgehead atoms. The maximum absolute atomic E-state index is 12.5. The third-order valence-electron chi connectivity index (χ3n) is 4.67. The summed E-state index contributed by atoms with van der Waals surface area (Å²) >= 11 is 1.39. The minimum Gasteiger partial charge on any atom is -0.341 e. The average molecular weight is 439 g/mol. The molecule has 0 aliphatic heterocycles. The lowest BCUT2D eigenvalue weighted by molar-refractivity contribution is -0.384. The fourth-order valence-corrected chi connectivity index (χ4v) is 3.86. The van der Waals surface area contributed by atoms with Crippen LogP contribution in [-0.4, -0.2) is 27.8 Å². The molecule has 8 nitrogen and oxygen atoms in total. The summed E-state index contributed by atoms with van der Waals surface area (Å²) in [5.74, 6) is -0.990. The standard InChI is InChI=1S/C22H22N4O4S/c1-13-7-9-16(10-8-13)11-19-14(2)24-22(31-19)25-20(27)15(3)23-21(28)17-5-4-6-18(12-17)26(29)30/h4-10,12,15H,11H2,1-3H3,(H,23,28)(H,24,25,27). The number of amides is 2. The molecular weight excluding hydrogens is 416 g/mol. The first-order valence-corrected chi connectivity index (χ1v) is 10.4. The fourth-order valence-electron chi connectivity index (χ4n) is 2.86. The van der Waals surface area contributed by atoms with Gasteiger partial charge in [-0.3, -0.25) is 19.7 Å². The van der Waals surface area contributed by atoms with Crippen molar-refractivity contribution in [2.75, 3.05) is 5.32 Å². The van der Waals surface area contributed by atoms with E-state index >= 15 is 0 Å². The largest absolute Gasteiger partial charge is 0.341 e. The number of nitrogens with zero attached hydrogens (tertiary/aromatic N) is 2. The first kappa shape index (κ1) is 22.1. The van der Waals surface area contributed by atoms with Gasteiger partial charge >= 0.3 is 0 Å². The average Bonchev–Trinajstić information content (AvgIpc) is 3.08. The number of nitrogens with one attached hydrogen (secondary N) is 2. The summed E-state index contributed by atoms with van der Waals surface area (Å²) in [5, 5.41) is 16.6. The molecular formula is C22H22N4O4S. The first-order valence-electron chi connectivity index (χ1n) is 9.61. The number of thiazole rings is 1. The third kappa shape index (κ3) is 5.73. The van der Waals surface area contributed by atoms with Crippen molar-refractivity contribution in [1.29, 1.82) is 0 Å². The highest BCUT2D eigenvalue weighted by molar-refractivity contribution is 7.15. The van der Waals surface area contributed by atoms with E-state index in [0.717, 1.165) is 22.6 Å². The SMILES string of the molecule is Cc1ccc(Cc2sc(NC(=O)C(C)NC(=O)c3cccc([N+](=O)[O-])c3)nc2C)cc1. The highest BCUT2D eigenvalue weighted by Gasteiger charge is 2.20. The molecule has 0 saturated heterocycles. The summed E-state index contributed by atoms with van der Waals surface area (Å²) in [6.07, 6.45) is 0.721. The number of carbonyl (C=O) groups excluding carboxylic acids is 2. The first-order chi connectivity index (χ1) is 14.7. The molecule has 0 aliphatic rings. The Labute approximate surface area is 183 Å².